The molecule has 4 rings (SSSR count). The second-order valence-corrected chi connectivity index (χ2v) is 7.56. The van der Waals surface area contributed by atoms with Crippen LogP contribution in [0.1, 0.15) is 19.3 Å². The Morgan fingerprint density at radius 3 is 2.92 bits per heavy atom. The van der Waals surface area contributed by atoms with Crippen LogP contribution >= 0.6 is 28.3 Å². The monoisotopic (exact) mass is 429 g/mol. The number of fused-ring (bicyclic) bond motifs is 3. The van der Waals surface area contributed by atoms with Crippen molar-refractivity contribution in [2.45, 2.75) is 31.3 Å². The van der Waals surface area contributed by atoms with Crippen molar-refractivity contribution in [1.29, 1.82) is 0 Å². The summed E-state index contributed by atoms with van der Waals surface area (Å²) in [5.74, 6) is 0.467. The quantitative estimate of drug-likeness (QED) is 0.779. The molecule has 1 aromatic carbocycles. The van der Waals surface area contributed by atoms with Gasteiger partial charge in [0.15, 0.2) is 6.61 Å². The molecule has 136 valence electrons. The number of hydrogen-bond donors (Lipinski definition) is 1. The Hall–Kier alpha value is -1.31. The third-order valence-corrected chi connectivity index (χ3v) is 5.53. The Labute approximate surface area is 161 Å². The highest BCUT2D eigenvalue weighted by Gasteiger charge is 2.33. The van der Waals surface area contributed by atoms with Gasteiger partial charge in [0.05, 0.1) is 5.69 Å². The zero-order valence-electron chi connectivity index (χ0n) is 13.7. The number of carbonyl (C=O) groups is 2. The maximum absolute atomic E-state index is 12.8. The van der Waals surface area contributed by atoms with Gasteiger partial charge >= 0.3 is 0 Å². The van der Waals surface area contributed by atoms with Gasteiger partial charge in [-0.1, -0.05) is 15.9 Å². The fourth-order valence-electron chi connectivity index (χ4n) is 3.76. The molecular weight excluding hydrogens is 410 g/mol. The Morgan fingerprint density at radius 2 is 2.08 bits per heavy atom. The third-order valence-electron chi connectivity index (χ3n) is 5.03. The van der Waals surface area contributed by atoms with Crippen molar-refractivity contribution in [3.8, 4) is 5.75 Å². The van der Waals surface area contributed by atoms with Crippen molar-refractivity contribution in [3.63, 3.8) is 0 Å². The highest BCUT2D eigenvalue weighted by atomic mass is 79.9. The maximum atomic E-state index is 12.8. The van der Waals surface area contributed by atoms with Crippen molar-refractivity contribution in [3.05, 3.63) is 22.7 Å². The van der Waals surface area contributed by atoms with Gasteiger partial charge in [-0.3, -0.25) is 14.5 Å². The van der Waals surface area contributed by atoms with Crippen LogP contribution in [0.15, 0.2) is 22.7 Å². The predicted octanol–water partition coefficient (Wildman–Crippen LogP) is 1.95. The smallest absolute Gasteiger partial charge is 0.265 e. The number of carbonyl (C=O) groups excluding carboxylic acids is 2. The molecule has 2 saturated heterocycles. The number of nitrogens with zero attached hydrogens (tertiary/aromatic N) is 2. The van der Waals surface area contributed by atoms with Gasteiger partial charge in [0.2, 0.25) is 5.91 Å². The summed E-state index contributed by atoms with van der Waals surface area (Å²) in [5, 5.41) is 3.57. The van der Waals surface area contributed by atoms with Crippen LogP contribution < -0.4 is 15.0 Å². The first-order valence-corrected chi connectivity index (χ1v) is 9.16. The van der Waals surface area contributed by atoms with Gasteiger partial charge in [0.1, 0.15) is 12.3 Å². The van der Waals surface area contributed by atoms with Crippen LogP contribution in [0, 0.1) is 0 Å². The van der Waals surface area contributed by atoms with Crippen LogP contribution in [-0.2, 0) is 9.59 Å². The summed E-state index contributed by atoms with van der Waals surface area (Å²) in [5.41, 5.74) is 0.664. The number of ether oxygens (including phenoxy) is 1. The number of benzene rings is 1. The van der Waals surface area contributed by atoms with E-state index in [1.807, 2.05) is 23.1 Å². The molecule has 2 amide bonds. The average Bonchev–Trinajstić information content (AvgIpc) is 2.89. The standard InChI is InChI=1S/C17H20BrN3O3.ClH/c18-11-1-4-14-15(7-11)24-10-17(23)21(14)9-16(22)20-6-5-12-2-3-13(8-20)19-12;/h1,4,7,12-13,19H,2-3,5-6,8-10H2;1H. The Morgan fingerprint density at radius 1 is 1.28 bits per heavy atom. The molecule has 2 unspecified atom stereocenters. The molecule has 2 atom stereocenters. The van der Waals surface area contributed by atoms with E-state index in [4.69, 9.17) is 4.74 Å². The second-order valence-electron chi connectivity index (χ2n) is 6.65. The summed E-state index contributed by atoms with van der Waals surface area (Å²) in [4.78, 5) is 28.5. The highest BCUT2D eigenvalue weighted by Crippen LogP contribution is 2.34. The van der Waals surface area contributed by atoms with Gasteiger partial charge in [0, 0.05) is 29.6 Å². The Kier molecular flexibility index (Phi) is 5.55. The SMILES string of the molecule is Cl.O=C(CN1C(=O)COc2cc(Br)ccc21)N1CCC2CCC(C1)N2. The van der Waals surface area contributed by atoms with Crippen molar-refractivity contribution >= 4 is 45.8 Å². The molecule has 0 spiro atoms. The number of halogens is 2. The predicted molar refractivity (Wildman–Crippen MR) is 100 cm³/mol. The first-order chi connectivity index (χ1) is 11.6. The number of amides is 2. The number of likely N-dealkylation sites (tertiary alicyclic amines) is 1. The summed E-state index contributed by atoms with van der Waals surface area (Å²) in [6, 6.07) is 6.43. The lowest BCUT2D eigenvalue weighted by atomic mass is 10.1. The molecule has 1 N–H and O–H groups in total. The van der Waals surface area contributed by atoms with Crippen LogP contribution in [0.3, 0.4) is 0 Å². The maximum Gasteiger partial charge on any atom is 0.265 e. The minimum absolute atomic E-state index is 0. The van der Waals surface area contributed by atoms with E-state index in [2.05, 4.69) is 21.2 Å². The van der Waals surface area contributed by atoms with Crippen LogP contribution in [-0.4, -0.2) is 55.0 Å². The van der Waals surface area contributed by atoms with Crippen molar-refractivity contribution in [2.75, 3.05) is 31.1 Å². The molecule has 8 heteroatoms. The lowest BCUT2D eigenvalue weighted by Gasteiger charge is -2.32. The summed E-state index contributed by atoms with van der Waals surface area (Å²) in [7, 11) is 0. The molecule has 3 heterocycles. The van der Waals surface area contributed by atoms with E-state index in [0.717, 1.165) is 30.4 Å². The molecule has 0 saturated carbocycles. The van der Waals surface area contributed by atoms with Gasteiger partial charge < -0.3 is 15.0 Å². The molecule has 6 nitrogen and oxygen atoms in total. The molecule has 3 aliphatic heterocycles. The zero-order valence-corrected chi connectivity index (χ0v) is 16.1. The lowest BCUT2D eigenvalue weighted by Crippen LogP contribution is -2.48. The number of rotatable bonds is 2. The fraction of sp³-hybridized carbons (Fsp3) is 0.529. The second kappa shape index (κ2) is 7.51. The summed E-state index contributed by atoms with van der Waals surface area (Å²) in [6.45, 7) is 1.55. The Balaban J connectivity index is 0.00000182. The minimum atomic E-state index is -0.173. The molecule has 0 aromatic heterocycles. The van der Waals surface area contributed by atoms with Gasteiger partial charge in [-0.2, -0.15) is 0 Å². The molecule has 0 radical (unpaired) electrons. The molecule has 2 bridgehead atoms. The van der Waals surface area contributed by atoms with Crippen molar-refractivity contribution < 1.29 is 14.3 Å². The minimum Gasteiger partial charge on any atom is -0.482 e. The molecule has 1 aromatic rings. The summed E-state index contributed by atoms with van der Waals surface area (Å²) >= 11 is 3.40. The zero-order chi connectivity index (χ0) is 16.7. The van der Waals surface area contributed by atoms with Crippen LogP contribution in [0.2, 0.25) is 0 Å². The molecule has 0 aliphatic carbocycles. The third kappa shape index (κ3) is 3.78. The van der Waals surface area contributed by atoms with E-state index in [9.17, 15) is 9.59 Å². The van der Waals surface area contributed by atoms with E-state index in [1.165, 1.54) is 6.42 Å². The number of hydrogen-bond acceptors (Lipinski definition) is 4. The number of anilines is 1. The topological polar surface area (TPSA) is 61.9 Å². The van der Waals surface area contributed by atoms with E-state index in [-0.39, 0.29) is 37.4 Å². The van der Waals surface area contributed by atoms with Crippen molar-refractivity contribution in [1.82, 2.24) is 10.2 Å². The molecule has 3 aliphatic rings. The average molecular weight is 431 g/mol. The highest BCUT2D eigenvalue weighted by molar-refractivity contribution is 9.10. The van der Waals surface area contributed by atoms with E-state index in [1.54, 1.807) is 4.90 Å². The first-order valence-electron chi connectivity index (χ1n) is 8.37. The molecular formula is C17H21BrClN3O3. The van der Waals surface area contributed by atoms with Crippen LogP contribution in [0.4, 0.5) is 5.69 Å². The lowest BCUT2D eigenvalue weighted by molar-refractivity contribution is -0.132. The van der Waals surface area contributed by atoms with Gasteiger partial charge in [-0.05, 0) is 37.5 Å². The van der Waals surface area contributed by atoms with E-state index >= 15 is 0 Å². The largest absolute Gasteiger partial charge is 0.482 e. The summed E-state index contributed by atoms with van der Waals surface area (Å²) in [6.07, 6.45) is 3.32. The van der Waals surface area contributed by atoms with Crippen LogP contribution in [0.25, 0.3) is 0 Å². The molecule has 2 fully saturated rings. The normalized spacial score (nSPS) is 24.9. The van der Waals surface area contributed by atoms with E-state index in [0.29, 0.717) is 23.5 Å². The summed E-state index contributed by atoms with van der Waals surface area (Å²) < 4.78 is 6.36. The van der Waals surface area contributed by atoms with Gasteiger partial charge in [0.25, 0.3) is 5.91 Å². The van der Waals surface area contributed by atoms with Crippen LogP contribution in [0.5, 0.6) is 5.75 Å². The first kappa shape index (κ1) is 18.5. The van der Waals surface area contributed by atoms with Crippen molar-refractivity contribution in [2.24, 2.45) is 0 Å². The number of nitrogens with one attached hydrogen (secondary N) is 1. The Bertz CT molecular complexity index is 687. The molecule has 25 heavy (non-hydrogen) atoms. The van der Waals surface area contributed by atoms with Gasteiger partial charge in [-0.15, -0.1) is 12.4 Å². The van der Waals surface area contributed by atoms with Gasteiger partial charge in [-0.25, -0.2) is 0 Å². The van der Waals surface area contributed by atoms with E-state index < -0.39 is 0 Å². The fourth-order valence-corrected chi connectivity index (χ4v) is 4.10.